The van der Waals surface area contributed by atoms with Crippen molar-refractivity contribution in [2.24, 2.45) is 5.73 Å². The molecule has 15 heavy (non-hydrogen) atoms. The molecule has 0 fully saturated rings. The summed E-state index contributed by atoms with van der Waals surface area (Å²) in [6, 6.07) is 3.53. The van der Waals surface area contributed by atoms with E-state index in [1.165, 1.54) is 0 Å². The van der Waals surface area contributed by atoms with Crippen LogP contribution in [0, 0.1) is 0 Å². The summed E-state index contributed by atoms with van der Waals surface area (Å²) >= 11 is 0. The molecule has 0 aliphatic heterocycles. The van der Waals surface area contributed by atoms with Gasteiger partial charge in [0.2, 0.25) is 0 Å². The molecule has 0 saturated carbocycles. The van der Waals surface area contributed by atoms with Gasteiger partial charge in [-0.2, -0.15) is 0 Å². The first-order valence-electron chi connectivity index (χ1n) is 5.30. The van der Waals surface area contributed by atoms with E-state index in [0.717, 1.165) is 24.5 Å². The fourth-order valence-electron chi connectivity index (χ4n) is 1.46. The lowest BCUT2D eigenvalue weighted by atomic mass is 10.1. The van der Waals surface area contributed by atoms with Crippen LogP contribution in [0.5, 0.6) is 0 Å². The van der Waals surface area contributed by atoms with Crippen LogP contribution in [0.25, 0.3) is 0 Å². The lowest BCUT2D eigenvalue weighted by Crippen LogP contribution is -2.23. The van der Waals surface area contributed by atoms with E-state index in [1.807, 2.05) is 12.1 Å². The molecule has 0 aliphatic carbocycles. The average molecular weight is 209 g/mol. The molecule has 1 aromatic heterocycles. The van der Waals surface area contributed by atoms with Crippen LogP contribution in [-0.2, 0) is 0 Å². The van der Waals surface area contributed by atoms with E-state index in [-0.39, 0.29) is 12.6 Å². The molecule has 0 spiro atoms. The number of nitrogens with two attached hydrogens (primary N) is 1. The molecule has 0 bridgehead atoms. The maximum Gasteiger partial charge on any atom is 0.128 e. The Labute approximate surface area is 90.7 Å². The Kier molecular flexibility index (Phi) is 4.52. The molecule has 3 N–H and O–H groups in total. The largest absolute Gasteiger partial charge is 0.394 e. The van der Waals surface area contributed by atoms with Crippen molar-refractivity contribution < 1.29 is 5.11 Å². The molecule has 4 heteroatoms. The molecule has 4 nitrogen and oxygen atoms in total. The molecule has 0 aromatic carbocycles. The first-order valence-corrected chi connectivity index (χ1v) is 5.30. The average Bonchev–Trinajstić information content (AvgIpc) is 2.30. The summed E-state index contributed by atoms with van der Waals surface area (Å²) in [6.45, 7) is 6.02. The van der Waals surface area contributed by atoms with Gasteiger partial charge in [0.15, 0.2) is 0 Å². The number of nitrogens with zero attached hydrogens (tertiary/aromatic N) is 2. The van der Waals surface area contributed by atoms with Crippen LogP contribution in [0.2, 0.25) is 0 Å². The maximum absolute atomic E-state index is 8.90. The Bertz CT molecular complexity index is 282. The van der Waals surface area contributed by atoms with Crippen LogP contribution >= 0.6 is 0 Å². The van der Waals surface area contributed by atoms with E-state index in [9.17, 15) is 0 Å². The monoisotopic (exact) mass is 209 g/mol. The zero-order valence-electron chi connectivity index (χ0n) is 9.35. The highest BCUT2D eigenvalue weighted by Crippen LogP contribution is 2.14. The highest BCUT2D eigenvalue weighted by molar-refractivity contribution is 5.39. The molecule has 1 unspecified atom stereocenters. The van der Waals surface area contributed by atoms with Crippen molar-refractivity contribution >= 4 is 5.82 Å². The summed E-state index contributed by atoms with van der Waals surface area (Å²) in [5, 5.41) is 8.90. The van der Waals surface area contributed by atoms with Gasteiger partial charge in [-0.05, 0) is 25.5 Å². The van der Waals surface area contributed by atoms with Crippen molar-refractivity contribution in [1.29, 1.82) is 0 Å². The Morgan fingerprint density at radius 1 is 1.40 bits per heavy atom. The number of aromatic nitrogens is 1. The van der Waals surface area contributed by atoms with Gasteiger partial charge >= 0.3 is 0 Å². The van der Waals surface area contributed by atoms with E-state index in [0.29, 0.717) is 0 Å². The summed E-state index contributed by atoms with van der Waals surface area (Å²) in [6.07, 6.45) is 1.73. The predicted octanol–water partition coefficient (Wildman–Crippen LogP) is 0.920. The summed E-state index contributed by atoms with van der Waals surface area (Å²) in [5.74, 6) is 0.953. The van der Waals surface area contributed by atoms with Gasteiger partial charge in [-0.25, -0.2) is 4.98 Å². The number of hydrogen-bond acceptors (Lipinski definition) is 4. The molecular weight excluding hydrogens is 190 g/mol. The number of aliphatic hydroxyl groups excluding tert-OH is 1. The quantitative estimate of drug-likeness (QED) is 0.757. The van der Waals surface area contributed by atoms with E-state index >= 15 is 0 Å². The van der Waals surface area contributed by atoms with Crippen LogP contribution in [0.1, 0.15) is 25.5 Å². The van der Waals surface area contributed by atoms with Crippen molar-refractivity contribution in [1.82, 2.24) is 4.98 Å². The van der Waals surface area contributed by atoms with Crippen LogP contribution in [0.4, 0.5) is 5.82 Å². The van der Waals surface area contributed by atoms with Gasteiger partial charge in [0.25, 0.3) is 0 Å². The molecular formula is C11H19N3O. The lowest BCUT2D eigenvalue weighted by Gasteiger charge is -2.20. The van der Waals surface area contributed by atoms with Crippen molar-refractivity contribution in [3.8, 4) is 0 Å². The second-order valence-corrected chi connectivity index (χ2v) is 3.41. The van der Waals surface area contributed by atoms with Crippen molar-refractivity contribution in [3.63, 3.8) is 0 Å². The Morgan fingerprint density at radius 3 is 2.47 bits per heavy atom. The molecule has 1 rings (SSSR count). The summed E-state index contributed by atoms with van der Waals surface area (Å²) in [4.78, 5) is 6.49. The molecule has 1 atom stereocenters. The third kappa shape index (κ3) is 2.91. The highest BCUT2D eigenvalue weighted by Gasteiger charge is 2.06. The highest BCUT2D eigenvalue weighted by atomic mass is 16.3. The molecule has 0 aliphatic rings. The Hall–Kier alpha value is -1.13. The van der Waals surface area contributed by atoms with Crippen molar-refractivity contribution in [2.45, 2.75) is 19.9 Å². The summed E-state index contributed by atoms with van der Waals surface area (Å²) in [7, 11) is 0. The maximum atomic E-state index is 8.90. The molecule has 84 valence electrons. The predicted molar refractivity (Wildman–Crippen MR) is 61.8 cm³/mol. The third-order valence-corrected chi connectivity index (χ3v) is 2.48. The van der Waals surface area contributed by atoms with E-state index in [4.69, 9.17) is 10.8 Å². The van der Waals surface area contributed by atoms with Gasteiger partial charge < -0.3 is 15.7 Å². The van der Waals surface area contributed by atoms with Crippen LogP contribution in [0.3, 0.4) is 0 Å². The minimum Gasteiger partial charge on any atom is -0.394 e. The number of rotatable bonds is 5. The fraction of sp³-hybridized carbons (Fsp3) is 0.545. The van der Waals surface area contributed by atoms with Gasteiger partial charge in [-0.15, -0.1) is 0 Å². The zero-order valence-corrected chi connectivity index (χ0v) is 9.35. The fourth-order valence-corrected chi connectivity index (χ4v) is 1.46. The Balaban J connectivity index is 2.79. The first kappa shape index (κ1) is 11.9. The Morgan fingerprint density at radius 2 is 2.07 bits per heavy atom. The molecule has 0 saturated heterocycles. The van der Waals surface area contributed by atoms with Gasteiger partial charge in [0.05, 0.1) is 12.6 Å². The van der Waals surface area contributed by atoms with E-state index in [1.54, 1.807) is 6.20 Å². The smallest absolute Gasteiger partial charge is 0.128 e. The molecule has 1 heterocycles. The minimum absolute atomic E-state index is 0.0493. The van der Waals surface area contributed by atoms with Gasteiger partial charge in [-0.1, -0.05) is 6.07 Å². The first-order chi connectivity index (χ1) is 7.22. The summed E-state index contributed by atoms with van der Waals surface area (Å²) < 4.78 is 0. The van der Waals surface area contributed by atoms with Crippen LogP contribution < -0.4 is 10.6 Å². The van der Waals surface area contributed by atoms with Crippen LogP contribution in [-0.4, -0.2) is 29.8 Å². The standard InChI is InChI=1S/C11H19N3O/c1-3-14(4-2)11-6-5-9(7-13-11)10(12)8-15/h5-7,10,15H,3-4,8,12H2,1-2H3. The topological polar surface area (TPSA) is 62.4 Å². The number of hydrogen-bond donors (Lipinski definition) is 2. The zero-order chi connectivity index (χ0) is 11.3. The lowest BCUT2D eigenvalue weighted by molar-refractivity contribution is 0.268. The van der Waals surface area contributed by atoms with Gasteiger partial charge in [-0.3, -0.25) is 0 Å². The second kappa shape index (κ2) is 5.68. The van der Waals surface area contributed by atoms with Crippen molar-refractivity contribution in [2.75, 3.05) is 24.6 Å². The van der Waals surface area contributed by atoms with E-state index in [2.05, 4.69) is 23.7 Å². The van der Waals surface area contributed by atoms with Gasteiger partial charge in [0.1, 0.15) is 5.82 Å². The SMILES string of the molecule is CCN(CC)c1ccc(C(N)CO)cn1. The van der Waals surface area contributed by atoms with Gasteiger partial charge in [0, 0.05) is 19.3 Å². The minimum atomic E-state index is -0.330. The van der Waals surface area contributed by atoms with Crippen molar-refractivity contribution in [3.05, 3.63) is 23.9 Å². The molecule has 1 aromatic rings. The molecule has 0 amide bonds. The van der Waals surface area contributed by atoms with E-state index < -0.39 is 0 Å². The molecule has 0 radical (unpaired) electrons. The number of pyridine rings is 1. The van der Waals surface area contributed by atoms with Crippen LogP contribution in [0.15, 0.2) is 18.3 Å². The second-order valence-electron chi connectivity index (χ2n) is 3.41. The third-order valence-electron chi connectivity index (χ3n) is 2.48. The number of aliphatic hydroxyl groups is 1. The normalized spacial score (nSPS) is 12.5. The number of anilines is 1. The summed E-state index contributed by atoms with van der Waals surface area (Å²) in [5.41, 5.74) is 6.55.